The van der Waals surface area contributed by atoms with Crippen LogP contribution in [0.4, 0.5) is 13.2 Å². The molecule has 0 bridgehead atoms. The molecule has 0 aliphatic carbocycles. The van der Waals surface area contributed by atoms with Gasteiger partial charge in [0.2, 0.25) is 0 Å². The van der Waals surface area contributed by atoms with E-state index in [0.29, 0.717) is 12.8 Å². The number of hydrogen-bond donors (Lipinski definition) is 1. The quantitative estimate of drug-likeness (QED) is 0.724. The maximum atomic E-state index is 13.1. The summed E-state index contributed by atoms with van der Waals surface area (Å²) in [5.74, 6) is -0.204. The molecule has 0 aliphatic heterocycles. The van der Waals surface area contributed by atoms with Gasteiger partial charge in [-0.15, -0.1) is 0 Å². The van der Waals surface area contributed by atoms with E-state index in [1.807, 2.05) is 6.92 Å². The van der Waals surface area contributed by atoms with Gasteiger partial charge in [0, 0.05) is 6.07 Å². The Labute approximate surface area is 147 Å². The third kappa shape index (κ3) is 3.14. The number of nitrogens with zero attached hydrogens (tertiary/aromatic N) is 3. The SMILES string of the molecule is CCCCc1c(O)[n+]2cccnc2n(-c2cccc(C(F)(F)F)c2)c1=O. The molecular weight excluding hydrogens is 347 g/mol. The summed E-state index contributed by atoms with van der Waals surface area (Å²) in [6, 6.07) is 6.05. The number of unbranched alkanes of at least 4 members (excludes halogenated alkanes) is 1. The summed E-state index contributed by atoms with van der Waals surface area (Å²) in [5.41, 5.74) is -1.25. The van der Waals surface area contributed by atoms with E-state index in [1.165, 1.54) is 28.9 Å². The fourth-order valence-electron chi connectivity index (χ4n) is 2.79. The molecule has 0 fully saturated rings. The topological polar surface area (TPSA) is 59.2 Å². The van der Waals surface area contributed by atoms with Gasteiger partial charge in [0.05, 0.1) is 11.8 Å². The first-order chi connectivity index (χ1) is 12.3. The van der Waals surface area contributed by atoms with E-state index in [0.717, 1.165) is 23.1 Å². The normalized spacial score (nSPS) is 11.8. The van der Waals surface area contributed by atoms with E-state index in [9.17, 15) is 23.1 Å². The molecule has 0 saturated heterocycles. The molecule has 0 amide bonds. The molecule has 0 radical (unpaired) electrons. The lowest BCUT2D eigenvalue weighted by Crippen LogP contribution is -2.37. The van der Waals surface area contributed by atoms with Crippen LogP contribution < -0.4 is 9.96 Å². The van der Waals surface area contributed by atoms with Gasteiger partial charge in [-0.1, -0.05) is 24.4 Å². The van der Waals surface area contributed by atoms with E-state index in [1.54, 1.807) is 6.07 Å². The van der Waals surface area contributed by atoms with Crippen molar-refractivity contribution in [3.63, 3.8) is 0 Å². The fraction of sp³-hybridized carbons (Fsp3) is 0.278. The van der Waals surface area contributed by atoms with Crippen molar-refractivity contribution >= 4 is 5.78 Å². The number of aromatic nitrogens is 3. The second-order valence-corrected chi connectivity index (χ2v) is 5.88. The molecule has 2 aromatic heterocycles. The first kappa shape index (κ1) is 17.9. The molecular formula is C18H17F3N3O2+. The van der Waals surface area contributed by atoms with Crippen LogP contribution in [-0.4, -0.2) is 14.7 Å². The first-order valence-corrected chi connectivity index (χ1v) is 8.15. The Bertz CT molecular complexity index is 1010. The van der Waals surface area contributed by atoms with Crippen LogP contribution in [0.3, 0.4) is 0 Å². The van der Waals surface area contributed by atoms with Gasteiger partial charge >= 0.3 is 17.5 Å². The summed E-state index contributed by atoms with van der Waals surface area (Å²) in [6.07, 6.45) is 0.173. The summed E-state index contributed by atoms with van der Waals surface area (Å²) in [5, 5.41) is 10.4. The number of halogens is 3. The summed E-state index contributed by atoms with van der Waals surface area (Å²) in [7, 11) is 0. The molecule has 26 heavy (non-hydrogen) atoms. The molecule has 2 heterocycles. The van der Waals surface area contributed by atoms with Crippen molar-refractivity contribution in [2.24, 2.45) is 0 Å². The highest BCUT2D eigenvalue weighted by molar-refractivity contribution is 5.44. The van der Waals surface area contributed by atoms with Crippen LogP contribution in [0.1, 0.15) is 30.9 Å². The molecule has 0 aliphatic rings. The molecule has 1 N–H and O–H groups in total. The molecule has 0 unspecified atom stereocenters. The van der Waals surface area contributed by atoms with Gasteiger partial charge in [-0.2, -0.15) is 22.1 Å². The third-order valence-corrected chi connectivity index (χ3v) is 4.10. The van der Waals surface area contributed by atoms with E-state index < -0.39 is 17.3 Å². The van der Waals surface area contributed by atoms with Gasteiger partial charge in [-0.05, 0) is 31.0 Å². The molecule has 1 aromatic carbocycles. The molecule has 8 heteroatoms. The van der Waals surface area contributed by atoms with Gasteiger partial charge in [0.25, 0.3) is 5.88 Å². The zero-order valence-electron chi connectivity index (χ0n) is 14.0. The van der Waals surface area contributed by atoms with E-state index in [-0.39, 0.29) is 22.9 Å². The van der Waals surface area contributed by atoms with Gasteiger partial charge < -0.3 is 5.11 Å². The van der Waals surface area contributed by atoms with E-state index in [4.69, 9.17) is 0 Å². The number of rotatable bonds is 4. The monoisotopic (exact) mass is 364 g/mol. The first-order valence-electron chi connectivity index (χ1n) is 8.15. The smallest absolute Gasteiger partial charge is 0.416 e. The predicted molar refractivity (Wildman–Crippen MR) is 88.3 cm³/mol. The zero-order chi connectivity index (χ0) is 18.9. The fourth-order valence-corrected chi connectivity index (χ4v) is 2.79. The largest absolute Gasteiger partial charge is 0.483 e. The minimum Gasteiger partial charge on any atom is -0.483 e. The molecule has 5 nitrogen and oxygen atoms in total. The highest BCUT2D eigenvalue weighted by Crippen LogP contribution is 2.30. The van der Waals surface area contributed by atoms with Crippen molar-refractivity contribution in [1.82, 2.24) is 9.55 Å². The minimum atomic E-state index is -4.53. The molecule has 3 rings (SSSR count). The highest BCUT2D eigenvalue weighted by atomic mass is 19.4. The minimum absolute atomic E-state index is 0.0366. The maximum Gasteiger partial charge on any atom is 0.416 e. The Morgan fingerprint density at radius 2 is 2.04 bits per heavy atom. The summed E-state index contributed by atoms with van der Waals surface area (Å²) < 4.78 is 41.6. The van der Waals surface area contributed by atoms with Crippen molar-refractivity contribution < 1.29 is 22.7 Å². The van der Waals surface area contributed by atoms with Crippen LogP contribution in [0.15, 0.2) is 47.5 Å². The highest BCUT2D eigenvalue weighted by Gasteiger charge is 2.32. The number of alkyl halides is 3. The lowest BCUT2D eigenvalue weighted by atomic mass is 10.1. The maximum absolute atomic E-state index is 13.1. The van der Waals surface area contributed by atoms with Crippen molar-refractivity contribution in [3.8, 4) is 11.6 Å². The van der Waals surface area contributed by atoms with Crippen LogP contribution >= 0.6 is 0 Å². The molecule has 0 spiro atoms. The van der Waals surface area contributed by atoms with Gasteiger partial charge in [-0.3, -0.25) is 0 Å². The van der Waals surface area contributed by atoms with Gasteiger partial charge in [0.1, 0.15) is 17.4 Å². The predicted octanol–water partition coefficient (Wildman–Crippen LogP) is 3.04. The van der Waals surface area contributed by atoms with Crippen LogP contribution in [0.2, 0.25) is 0 Å². The van der Waals surface area contributed by atoms with Crippen LogP contribution in [0, 0.1) is 0 Å². The molecule has 3 aromatic rings. The Morgan fingerprint density at radius 1 is 1.27 bits per heavy atom. The Kier molecular flexibility index (Phi) is 4.67. The lowest BCUT2D eigenvalue weighted by Gasteiger charge is -2.10. The number of benzene rings is 1. The average molecular weight is 364 g/mol. The summed E-state index contributed by atoms with van der Waals surface area (Å²) in [6.45, 7) is 1.94. The van der Waals surface area contributed by atoms with E-state index in [2.05, 4.69) is 4.98 Å². The van der Waals surface area contributed by atoms with Gasteiger partial charge in [-0.25, -0.2) is 4.79 Å². The number of fused-ring (bicyclic) bond motifs is 1. The second kappa shape index (κ2) is 6.78. The molecule has 0 atom stereocenters. The van der Waals surface area contributed by atoms with Crippen LogP contribution in [0.5, 0.6) is 5.88 Å². The van der Waals surface area contributed by atoms with E-state index >= 15 is 0 Å². The number of hydrogen-bond acceptors (Lipinski definition) is 3. The van der Waals surface area contributed by atoms with Crippen molar-refractivity contribution in [1.29, 1.82) is 0 Å². The Morgan fingerprint density at radius 3 is 2.73 bits per heavy atom. The van der Waals surface area contributed by atoms with Crippen LogP contribution in [-0.2, 0) is 12.6 Å². The Balaban J connectivity index is 2.34. The average Bonchev–Trinajstić information content (AvgIpc) is 2.61. The lowest BCUT2D eigenvalue weighted by molar-refractivity contribution is -0.529. The Hall–Kier alpha value is -2.90. The molecule has 136 valence electrons. The third-order valence-electron chi connectivity index (χ3n) is 4.10. The van der Waals surface area contributed by atoms with Crippen LogP contribution in [0.25, 0.3) is 11.5 Å². The summed E-state index contributed by atoms with van der Waals surface area (Å²) >= 11 is 0. The second-order valence-electron chi connectivity index (χ2n) is 5.88. The van der Waals surface area contributed by atoms with Crippen molar-refractivity contribution in [2.45, 2.75) is 32.4 Å². The van der Waals surface area contributed by atoms with Crippen molar-refractivity contribution in [3.05, 3.63) is 64.2 Å². The van der Waals surface area contributed by atoms with Gasteiger partial charge in [0.15, 0.2) is 0 Å². The number of aromatic hydroxyl groups is 1. The van der Waals surface area contributed by atoms with Crippen molar-refractivity contribution in [2.75, 3.05) is 0 Å². The standard InChI is InChI=1S/C18H16F3N3O2/c1-2-3-8-14-15(25)23-10-5-9-22-17(23)24(16(14)26)13-7-4-6-12(11-13)18(19,20)21/h4-7,9-11H,2-3,8H2,1H3/p+1. The molecule has 0 saturated carbocycles. The summed E-state index contributed by atoms with van der Waals surface area (Å²) in [4.78, 5) is 17.0. The zero-order valence-corrected chi connectivity index (χ0v) is 14.0.